The molecule has 0 heterocycles. The van der Waals surface area contributed by atoms with Gasteiger partial charge in [0.05, 0.1) is 12.3 Å². The van der Waals surface area contributed by atoms with Crippen LogP contribution in [0.1, 0.15) is 13.3 Å². The lowest BCUT2D eigenvalue weighted by Crippen LogP contribution is -2.27. The van der Waals surface area contributed by atoms with Crippen molar-refractivity contribution in [3.63, 3.8) is 0 Å². The van der Waals surface area contributed by atoms with Gasteiger partial charge >= 0.3 is 5.97 Å². The van der Waals surface area contributed by atoms with Gasteiger partial charge in [-0.1, -0.05) is 18.2 Å². The molecule has 0 aromatic heterocycles. The summed E-state index contributed by atoms with van der Waals surface area (Å²) in [6, 6.07) is 8.73. The largest absolute Gasteiger partial charge is 0.466 e. The molecule has 5 nitrogen and oxygen atoms in total. The van der Waals surface area contributed by atoms with Crippen LogP contribution in [0.5, 0.6) is 0 Å². The first kappa shape index (κ1) is 15.9. The zero-order chi connectivity index (χ0) is 12.7. The second-order valence-electron chi connectivity index (χ2n) is 3.20. The smallest absolute Gasteiger partial charge is 0.313 e. The van der Waals surface area contributed by atoms with Crippen LogP contribution in [0, 0.1) is 16.9 Å². The highest BCUT2D eigenvalue weighted by Gasteiger charge is 2.15. The molecule has 0 aliphatic rings. The molecule has 1 aromatic carbocycles. The summed E-state index contributed by atoms with van der Waals surface area (Å²) in [5, 5.41) is 16.7. The number of hydrogen-bond acceptors (Lipinski definition) is 4. The number of ether oxygens (including phenoxy) is 1. The van der Waals surface area contributed by atoms with Crippen molar-refractivity contribution in [3.8, 4) is 6.19 Å². The van der Waals surface area contributed by atoms with Crippen LogP contribution >= 0.6 is 12.4 Å². The SMILES string of the molecule is CCOC(=O)CC(=N)N(C#N)c1ccccc1.Cl. The Morgan fingerprint density at radius 3 is 2.56 bits per heavy atom. The molecule has 0 bridgehead atoms. The second-order valence-corrected chi connectivity index (χ2v) is 3.20. The maximum atomic E-state index is 11.2. The van der Waals surface area contributed by atoms with E-state index in [1.165, 1.54) is 0 Å². The van der Waals surface area contributed by atoms with Crippen molar-refractivity contribution in [1.82, 2.24) is 0 Å². The minimum Gasteiger partial charge on any atom is -0.466 e. The lowest BCUT2D eigenvalue weighted by atomic mass is 10.2. The van der Waals surface area contributed by atoms with Gasteiger partial charge in [0.25, 0.3) is 0 Å². The maximum absolute atomic E-state index is 11.2. The lowest BCUT2D eigenvalue weighted by Gasteiger charge is -2.15. The Balaban J connectivity index is 0.00000289. The summed E-state index contributed by atoms with van der Waals surface area (Å²) in [6.07, 6.45) is 1.65. The average Bonchev–Trinajstić information content (AvgIpc) is 2.31. The molecule has 0 spiro atoms. The number of hydrogen-bond donors (Lipinski definition) is 1. The summed E-state index contributed by atoms with van der Waals surface area (Å²) in [5.41, 5.74) is 0.560. The minimum absolute atomic E-state index is 0. The highest BCUT2D eigenvalue weighted by atomic mass is 35.5. The number of carbonyl (C=O) groups excluding carboxylic acids is 1. The molecule has 6 heteroatoms. The number of nitriles is 1. The highest BCUT2D eigenvalue weighted by molar-refractivity contribution is 6.06. The van der Waals surface area contributed by atoms with E-state index in [1.807, 2.05) is 12.3 Å². The molecule has 18 heavy (non-hydrogen) atoms. The van der Waals surface area contributed by atoms with Crippen molar-refractivity contribution in [2.45, 2.75) is 13.3 Å². The van der Waals surface area contributed by atoms with Gasteiger partial charge in [0.15, 0.2) is 6.19 Å². The van der Waals surface area contributed by atoms with Crippen LogP contribution < -0.4 is 4.90 Å². The van der Waals surface area contributed by atoms with Crippen LogP contribution in [0.25, 0.3) is 0 Å². The first-order valence-electron chi connectivity index (χ1n) is 5.17. The number of carbonyl (C=O) groups is 1. The van der Waals surface area contributed by atoms with Crippen molar-refractivity contribution >= 4 is 29.9 Å². The van der Waals surface area contributed by atoms with Crippen molar-refractivity contribution in [1.29, 1.82) is 10.7 Å². The van der Waals surface area contributed by atoms with E-state index in [2.05, 4.69) is 0 Å². The van der Waals surface area contributed by atoms with E-state index in [1.54, 1.807) is 31.2 Å². The van der Waals surface area contributed by atoms with E-state index >= 15 is 0 Å². The first-order chi connectivity index (χ1) is 8.19. The molecule has 0 unspecified atom stereocenters. The van der Waals surface area contributed by atoms with E-state index in [0.29, 0.717) is 5.69 Å². The normalized spacial score (nSPS) is 8.67. The molecule has 0 amide bonds. The van der Waals surface area contributed by atoms with E-state index in [-0.39, 0.29) is 31.3 Å². The van der Waals surface area contributed by atoms with Crippen molar-refractivity contribution in [2.75, 3.05) is 11.5 Å². The molecule has 96 valence electrons. The van der Waals surface area contributed by atoms with Gasteiger partial charge in [-0.25, -0.2) is 4.90 Å². The maximum Gasteiger partial charge on any atom is 0.313 e. The Kier molecular flexibility index (Phi) is 7.17. The fraction of sp³-hybridized carbons (Fsp3) is 0.250. The standard InChI is InChI=1S/C12H13N3O2.ClH/c1-2-17-12(16)8-11(14)15(9-13)10-6-4-3-5-7-10;/h3-7,14H,2,8H2,1H3;1H. The van der Waals surface area contributed by atoms with Crippen molar-refractivity contribution in [2.24, 2.45) is 0 Å². The van der Waals surface area contributed by atoms with Gasteiger partial charge in [-0.05, 0) is 19.1 Å². The van der Waals surface area contributed by atoms with Crippen LogP contribution in [0.4, 0.5) is 5.69 Å². The number of halogens is 1. The second kappa shape index (κ2) is 8.09. The summed E-state index contributed by atoms with van der Waals surface area (Å²) in [4.78, 5) is 12.3. The van der Waals surface area contributed by atoms with Crippen molar-refractivity contribution in [3.05, 3.63) is 30.3 Å². The summed E-state index contributed by atoms with van der Waals surface area (Å²) in [6.45, 7) is 1.96. The number of para-hydroxylation sites is 1. The predicted molar refractivity (Wildman–Crippen MR) is 70.8 cm³/mol. The third-order valence-corrected chi connectivity index (χ3v) is 2.00. The van der Waals surface area contributed by atoms with Gasteiger partial charge in [-0.2, -0.15) is 5.26 Å². The Hall–Kier alpha value is -2.06. The number of nitrogens with zero attached hydrogens (tertiary/aromatic N) is 2. The molecule has 0 aliphatic heterocycles. The highest BCUT2D eigenvalue weighted by Crippen LogP contribution is 2.13. The van der Waals surface area contributed by atoms with E-state index < -0.39 is 5.97 Å². The number of anilines is 1. The first-order valence-corrected chi connectivity index (χ1v) is 5.17. The van der Waals surface area contributed by atoms with Crippen LogP contribution in [0.2, 0.25) is 0 Å². The Labute approximate surface area is 112 Å². The van der Waals surface area contributed by atoms with Crippen LogP contribution in [0.3, 0.4) is 0 Å². The van der Waals surface area contributed by atoms with Gasteiger partial charge in [-0.15, -0.1) is 12.4 Å². The van der Waals surface area contributed by atoms with Gasteiger partial charge in [0.2, 0.25) is 0 Å². The quantitative estimate of drug-likeness (QED) is 0.299. The Bertz CT molecular complexity index is 442. The molecular weight excluding hydrogens is 254 g/mol. The number of benzene rings is 1. The summed E-state index contributed by atoms with van der Waals surface area (Å²) >= 11 is 0. The fourth-order valence-electron chi connectivity index (χ4n) is 1.28. The Morgan fingerprint density at radius 2 is 2.06 bits per heavy atom. The molecule has 0 atom stereocenters. The molecule has 0 saturated carbocycles. The third-order valence-electron chi connectivity index (χ3n) is 2.00. The van der Waals surface area contributed by atoms with Crippen LogP contribution in [0.15, 0.2) is 30.3 Å². The van der Waals surface area contributed by atoms with Crippen molar-refractivity contribution < 1.29 is 9.53 Å². The monoisotopic (exact) mass is 267 g/mol. The van der Waals surface area contributed by atoms with Gasteiger partial charge in [0.1, 0.15) is 12.3 Å². The van der Waals surface area contributed by atoms with Crippen LogP contribution in [-0.4, -0.2) is 18.4 Å². The van der Waals surface area contributed by atoms with Gasteiger partial charge < -0.3 is 4.74 Å². The predicted octanol–water partition coefficient (Wildman–Crippen LogP) is 2.33. The summed E-state index contributed by atoms with van der Waals surface area (Å²) < 4.78 is 4.73. The number of nitrogens with one attached hydrogen (secondary N) is 1. The zero-order valence-electron chi connectivity index (χ0n) is 9.92. The van der Waals surface area contributed by atoms with E-state index in [9.17, 15) is 4.79 Å². The third kappa shape index (κ3) is 4.44. The number of esters is 1. The molecule has 0 aliphatic carbocycles. The number of rotatable bonds is 4. The fourth-order valence-corrected chi connectivity index (χ4v) is 1.28. The van der Waals surface area contributed by atoms with Crippen LogP contribution in [-0.2, 0) is 9.53 Å². The van der Waals surface area contributed by atoms with Gasteiger partial charge in [0, 0.05) is 0 Å². The van der Waals surface area contributed by atoms with E-state index in [4.69, 9.17) is 15.4 Å². The van der Waals surface area contributed by atoms with E-state index in [0.717, 1.165) is 4.90 Å². The molecular formula is C12H14ClN3O2. The lowest BCUT2D eigenvalue weighted by molar-refractivity contribution is -0.141. The minimum atomic E-state index is -0.506. The zero-order valence-corrected chi connectivity index (χ0v) is 10.7. The molecule has 0 radical (unpaired) electrons. The Morgan fingerprint density at radius 1 is 1.44 bits per heavy atom. The molecule has 1 N–H and O–H groups in total. The molecule has 0 saturated heterocycles. The molecule has 0 fully saturated rings. The summed E-state index contributed by atoms with van der Waals surface area (Å²) in [7, 11) is 0. The molecule has 1 aromatic rings. The van der Waals surface area contributed by atoms with Gasteiger partial charge in [-0.3, -0.25) is 10.2 Å². The average molecular weight is 268 g/mol. The molecule has 1 rings (SSSR count). The number of amidine groups is 1. The summed E-state index contributed by atoms with van der Waals surface area (Å²) in [5.74, 6) is -0.606. The topological polar surface area (TPSA) is 77.2 Å².